The first-order valence-corrected chi connectivity index (χ1v) is 3.10. The molecule has 1 aromatic heterocycles. The monoisotopic (exact) mass is 189 g/mol. The molecule has 0 fully saturated rings. The first-order chi connectivity index (χ1) is 5.18. The molecule has 0 atom stereocenters. The van der Waals surface area contributed by atoms with Crippen molar-refractivity contribution in [3.8, 4) is 5.75 Å². The highest BCUT2D eigenvalue weighted by Crippen LogP contribution is 2.13. The van der Waals surface area contributed by atoms with Crippen LogP contribution < -0.4 is 4.74 Å². The minimum Gasteiger partial charge on any atom is -0.497 e. The summed E-state index contributed by atoms with van der Waals surface area (Å²) in [5, 5.41) is 0. The van der Waals surface area contributed by atoms with Crippen molar-refractivity contribution in [2.45, 2.75) is 0 Å². The fourth-order valence-electron chi connectivity index (χ4n) is 0.458. The molecule has 0 aromatic carbocycles. The second-order valence-electron chi connectivity index (χ2n) is 1.43. The highest BCUT2D eigenvalue weighted by molar-refractivity contribution is 9.10. The predicted molar refractivity (Wildman–Crippen MR) is 38.5 cm³/mol. The Morgan fingerprint density at radius 1 is 1.89 bits per heavy atom. The van der Waals surface area contributed by atoms with Gasteiger partial charge in [0.2, 0.25) is 0 Å². The van der Waals surface area contributed by atoms with E-state index < -0.39 is 7.06 Å². The molecule has 3 heteroatoms. The Kier molecular flexibility index (Phi) is 1.34. The first kappa shape index (κ1) is 4.28. The summed E-state index contributed by atoms with van der Waals surface area (Å²) in [6, 6.07) is 3.21. The molecule has 9 heavy (non-hydrogen) atoms. The van der Waals surface area contributed by atoms with E-state index in [2.05, 4.69) is 20.9 Å². The standard InChI is InChI=1S/C6H6BrNO/c1-9-5-2-3-8-6(7)4-5/h2-4H,1H3/i1D2. The van der Waals surface area contributed by atoms with Crippen LogP contribution in [0.4, 0.5) is 0 Å². The maximum Gasteiger partial charge on any atom is 0.123 e. The van der Waals surface area contributed by atoms with Gasteiger partial charge in [-0.3, -0.25) is 0 Å². The molecule has 0 N–H and O–H groups in total. The number of methoxy groups -OCH3 is 1. The smallest absolute Gasteiger partial charge is 0.123 e. The summed E-state index contributed by atoms with van der Waals surface area (Å²) in [6.07, 6.45) is 1.54. The van der Waals surface area contributed by atoms with Gasteiger partial charge in [-0.25, -0.2) is 4.98 Å². The lowest BCUT2D eigenvalue weighted by Gasteiger charge is -1.96. The molecular formula is C6H6BrNO. The van der Waals surface area contributed by atoms with Crippen LogP contribution in [-0.4, -0.2) is 12.0 Å². The third kappa shape index (κ3) is 1.68. The first-order valence-electron chi connectivity index (χ1n) is 3.46. The summed E-state index contributed by atoms with van der Waals surface area (Å²) in [4.78, 5) is 3.86. The van der Waals surface area contributed by atoms with Crippen LogP contribution in [0.3, 0.4) is 0 Å². The van der Waals surface area contributed by atoms with Crippen LogP contribution in [0.25, 0.3) is 0 Å². The highest BCUT2D eigenvalue weighted by Gasteiger charge is 1.89. The van der Waals surface area contributed by atoms with Gasteiger partial charge in [0.25, 0.3) is 0 Å². The minimum atomic E-state index is -1.29. The zero-order valence-corrected chi connectivity index (χ0v) is 6.13. The summed E-state index contributed by atoms with van der Waals surface area (Å²) in [7, 11) is -1.29. The van der Waals surface area contributed by atoms with E-state index in [-0.39, 0.29) is 0 Å². The molecule has 0 aliphatic carbocycles. The Bertz CT molecular complexity index is 244. The molecular weight excluding hydrogens is 182 g/mol. The lowest BCUT2D eigenvalue weighted by Crippen LogP contribution is -1.82. The molecule has 0 unspecified atom stereocenters. The van der Waals surface area contributed by atoms with Crippen LogP contribution >= 0.6 is 15.9 Å². The maximum absolute atomic E-state index is 6.79. The third-order valence-electron chi connectivity index (χ3n) is 0.834. The molecule has 0 spiro atoms. The summed E-state index contributed by atoms with van der Waals surface area (Å²) >= 11 is 3.14. The van der Waals surface area contributed by atoms with E-state index in [4.69, 9.17) is 7.48 Å². The van der Waals surface area contributed by atoms with Crippen LogP contribution in [0.5, 0.6) is 5.75 Å². The van der Waals surface area contributed by atoms with Gasteiger partial charge in [-0.05, 0) is 22.0 Å². The molecule has 0 amide bonds. The zero-order valence-electron chi connectivity index (χ0n) is 6.54. The normalized spacial score (nSPS) is 12.7. The van der Waals surface area contributed by atoms with Crippen LogP contribution in [-0.2, 0) is 0 Å². The van der Waals surface area contributed by atoms with E-state index >= 15 is 0 Å². The molecule has 0 aliphatic heterocycles. The van der Waals surface area contributed by atoms with Gasteiger partial charge in [0.1, 0.15) is 10.4 Å². The number of halogens is 1. The number of pyridine rings is 1. The van der Waals surface area contributed by atoms with Crippen LogP contribution in [0.15, 0.2) is 22.9 Å². The topological polar surface area (TPSA) is 22.1 Å². The summed E-state index contributed by atoms with van der Waals surface area (Å²) in [5.74, 6) is 0.474. The summed E-state index contributed by atoms with van der Waals surface area (Å²) < 4.78 is 19.0. The van der Waals surface area contributed by atoms with E-state index in [1.54, 1.807) is 18.3 Å². The molecule has 1 heterocycles. The molecule has 1 aromatic rings. The van der Waals surface area contributed by atoms with Crippen LogP contribution in [0.2, 0.25) is 0 Å². The van der Waals surface area contributed by atoms with E-state index in [0.717, 1.165) is 0 Å². The second-order valence-corrected chi connectivity index (χ2v) is 2.24. The average molecular weight is 190 g/mol. The molecule has 48 valence electrons. The summed E-state index contributed by atoms with van der Waals surface area (Å²) in [5.41, 5.74) is 0. The number of aromatic nitrogens is 1. The number of nitrogens with zero attached hydrogens (tertiary/aromatic N) is 1. The Balaban J connectivity index is 2.71. The maximum atomic E-state index is 6.79. The largest absolute Gasteiger partial charge is 0.497 e. The fraction of sp³-hybridized carbons (Fsp3) is 0.167. The molecule has 0 saturated carbocycles. The van der Waals surface area contributed by atoms with Crippen molar-refractivity contribution in [2.24, 2.45) is 0 Å². The number of ether oxygens (including phenoxy) is 1. The quantitative estimate of drug-likeness (QED) is 0.630. The molecule has 2 nitrogen and oxygen atoms in total. The average Bonchev–Trinajstić information content (AvgIpc) is 1.85. The van der Waals surface area contributed by atoms with E-state index in [1.165, 1.54) is 0 Å². The van der Waals surface area contributed by atoms with Crippen LogP contribution in [0.1, 0.15) is 2.74 Å². The van der Waals surface area contributed by atoms with E-state index in [1.807, 2.05) is 0 Å². The Morgan fingerprint density at radius 2 is 2.78 bits per heavy atom. The lowest BCUT2D eigenvalue weighted by atomic mass is 10.5. The predicted octanol–water partition coefficient (Wildman–Crippen LogP) is 1.85. The number of hydrogen-bond acceptors (Lipinski definition) is 2. The zero-order chi connectivity index (χ0) is 8.27. The van der Waals surface area contributed by atoms with Crippen molar-refractivity contribution in [3.63, 3.8) is 0 Å². The van der Waals surface area contributed by atoms with Crippen molar-refractivity contribution in [3.05, 3.63) is 22.9 Å². The number of rotatable bonds is 1. The molecule has 1 rings (SSSR count). The Morgan fingerprint density at radius 3 is 3.44 bits per heavy atom. The third-order valence-corrected chi connectivity index (χ3v) is 1.27. The van der Waals surface area contributed by atoms with Crippen molar-refractivity contribution in [1.82, 2.24) is 4.98 Å². The summed E-state index contributed by atoms with van der Waals surface area (Å²) in [6.45, 7) is 0. The van der Waals surface area contributed by atoms with Gasteiger partial charge in [-0.1, -0.05) is 0 Å². The lowest BCUT2D eigenvalue weighted by molar-refractivity contribution is 0.414. The van der Waals surface area contributed by atoms with Gasteiger partial charge in [0, 0.05) is 12.3 Å². The van der Waals surface area contributed by atoms with Crippen molar-refractivity contribution >= 4 is 15.9 Å². The van der Waals surface area contributed by atoms with Gasteiger partial charge in [0.05, 0.1) is 9.80 Å². The number of hydrogen-bond donors (Lipinski definition) is 0. The van der Waals surface area contributed by atoms with E-state index in [0.29, 0.717) is 10.4 Å². The van der Waals surface area contributed by atoms with Gasteiger partial charge in [0.15, 0.2) is 0 Å². The van der Waals surface area contributed by atoms with E-state index in [9.17, 15) is 0 Å². The van der Waals surface area contributed by atoms with Crippen molar-refractivity contribution in [2.75, 3.05) is 7.06 Å². The van der Waals surface area contributed by atoms with Crippen LogP contribution in [0, 0.1) is 0 Å². The Hall–Kier alpha value is -0.570. The Labute approximate surface area is 64.8 Å². The van der Waals surface area contributed by atoms with Gasteiger partial charge in [-0.2, -0.15) is 0 Å². The second kappa shape index (κ2) is 2.82. The SMILES string of the molecule is [2H]C([2H])Oc1ccnc(Br)c1. The van der Waals surface area contributed by atoms with Gasteiger partial charge >= 0.3 is 0 Å². The van der Waals surface area contributed by atoms with Gasteiger partial charge < -0.3 is 4.74 Å². The molecule has 0 saturated heterocycles. The molecule has 0 aliphatic rings. The molecule has 0 radical (unpaired) electrons. The molecule has 0 bridgehead atoms. The fourth-order valence-corrected chi connectivity index (χ4v) is 0.802. The minimum absolute atomic E-state index is 0.474. The van der Waals surface area contributed by atoms with Gasteiger partial charge in [-0.15, -0.1) is 0 Å². The van der Waals surface area contributed by atoms with Crippen molar-refractivity contribution < 1.29 is 7.48 Å². The van der Waals surface area contributed by atoms with Crippen molar-refractivity contribution in [1.29, 1.82) is 0 Å². The highest BCUT2D eigenvalue weighted by atomic mass is 79.9.